The summed E-state index contributed by atoms with van der Waals surface area (Å²) < 4.78 is 44.5. The van der Waals surface area contributed by atoms with Gasteiger partial charge in [0.2, 0.25) is 0 Å². The minimum absolute atomic E-state index is 0.0638. The molecule has 1 aliphatic heterocycles. The van der Waals surface area contributed by atoms with E-state index < -0.39 is 9.84 Å². The van der Waals surface area contributed by atoms with Gasteiger partial charge < -0.3 is 10.1 Å². The molecule has 1 N–H and O–H groups in total. The monoisotopic (exact) mass is 526 g/mol. The number of nitrogens with one attached hydrogen (secondary N) is 1. The van der Waals surface area contributed by atoms with E-state index in [4.69, 9.17) is 4.74 Å². The molecule has 198 valence electrons. The Hall–Kier alpha value is -2.74. The Bertz CT molecular complexity index is 1260. The number of amides is 1. The zero-order valence-electron chi connectivity index (χ0n) is 21.3. The van der Waals surface area contributed by atoms with E-state index in [2.05, 4.69) is 16.4 Å². The number of nitrogens with zero attached hydrogens (tertiary/aromatic N) is 1. The molecule has 0 unspecified atom stereocenters. The highest BCUT2D eigenvalue weighted by molar-refractivity contribution is 7.92. The lowest BCUT2D eigenvalue weighted by Gasteiger charge is -2.48. The van der Waals surface area contributed by atoms with Crippen LogP contribution in [0.5, 0.6) is 0 Å². The van der Waals surface area contributed by atoms with Gasteiger partial charge in [-0.1, -0.05) is 24.3 Å². The van der Waals surface area contributed by atoms with Gasteiger partial charge in [0.15, 0.2) is 9.84 Å². The smallest absolute Gasteiger partial charge is 0.407 e. The Kier molecular flexibility index (Phi) is 7.39. The summed E-state index contributed by atoms with van der Waals surface area (Å²) in [6.45, 7) is 4.01. The lowest BCUT2D eigenvalue weighted by Crippen LogP contribution is -2.48. The molecule has 6 nitrogen and oxygen atoms in total. The van der Waals surface area contributed by atoms with Crippen LogP contribution in [0.2, 0.25) is 0 Å². The second-order valence-corrected chi connectivity index (χ2v) is 13.2. The fraction of sp³-hybridized carbons (Fsp3) is 0.517. The largest absolute Gasteiger partial charge is 0.450 e. The summed E-state index contributed by atoms with van der Waals surface area (Å²) in [7, 11) is -3.12. The molecule has 2 heterocycles. The van der Waals surface area contributed by atoms with Crippen molar-refractivity contribution in [2.45, 2.75) is 50.8 Å². The molecule has 2 saturated carbocycles. The van der Waals surface area contributed by atoms with E-state index in [1.54, 1.807) is 19.2 Å². The predicted molar refractivity (Wildman–Crippen MR) is 142 cm³/mol. The molecule has 2 aromatic rings. The third-order valence-corrected chi connectivity index (χ3v) is 11.1. The SMILES string of the molecule is CCOC(=O)N[C@@H]1CC[C@@H]2[C@@H](C1)C[C@H]1CS(=O)(=O)[C@H](C)[C@H]1[C@H]2/C=C/c1ccc(-c2cccc(F)c2)cn1. The topological polar surface area (TPSA) is 85.4 Å². The van der Waals surface area contributed by atoms with Crippen LogP contribution >= 0.6 is 0 Å². The average molecular weight is 527 g/mol. The van der Waals surface area contributed by atoms with Crippen LogP contribution < -0.4 is 5.32 Å². The first-order chi connectivity index (χ1) is 17.7. The van der Waals surface area contributed by atoms with Crippen molar-refractivity contribution < 1.29 is 22.3 Å². The second-order valence-electron chi connectivity index (χ2n) is 10.8. The Balaban J connectivity index is 1.36. The number of halogens is 1. The van der Waals surface area contributed by atoms with E-state index in [1.165, 1.54) is 12.1 Å². The minimum atomic E-state index is -3.12. The molecular weight excluding hydrogens is 491 g/mol. The molecule has 7 atom stereocenters. The Labute approximate surface area is 218 Å². The van der Waals surface area contributed by atoms with Gasteiger partial charge in [-0.15, -0.1) is 0 Å². The molecule has 37 heavy (non-hydrogen) atoms. The lowest BCUT2D eigenvalue weighted by molar-refractivity contribution is 0.0379. The summed E-state index contributed by atoms with van der Waals surface area (Å²) in [6, 6.07) is 10.4. The van der Waals surface area contributed by atoms with E-state index in [9.17, 15) is 17.6 Å². The van der Waals surface area contributed by atoms with Crippen LogP contribution in [0, 0.1) is 35.4 Å². The maximum atomic E-state index is 13.6. The van der Waals surface area contributed by atoms with Crippen LogP contribution in [0.4, 0.5) is 9.18 Å². The van der Waals surface area contributed by atoms with Gasteiger partial charge >= 0.3 is 6.09 Å². The number of hydrogen-bond donors (Lipinski definition) is 1. The van der Waals surface area contributed by atoms with Gasteiger partial charge in [-0.3, -0.25) is 4.98 Å². The van der Waals surface area contributed by atoms with Gasteiger partial charge in [0.25, 0.3) is 0 Å². The number of fused-ring (bicyclic) bond motifs is 2. The number of carbonyl (C=O) groups is 1. The van der Waals surface area contributed by atoms with Crippen molar-refractivity contribution in [3.05, 3.63) is 60.2 Å². The first-order valence-electron chi connectivity index (χ1n) is 13.3. The molecule has 5 rings (SSSR count). The number of benzene rings is 1. The van der Waals surface area contributed by atoms with Crippen LogP contribution in [-0.2, 0) is 14.6 Å². The number of alkyl carbamates (subject to hydrolysis) is 1. The molecular formula is C29H35FN2O4S. The second kappa shape index (κ2) is 10.6. The summed E-state index contributed by atoms with van der Waals surface area (Å²) in [5, 5.41) is 2.65. The fourth-order valence-electron chi connectivity index (χ4n) is 7.07. The van der Waals surface area contributed by atoms with Gasteiger partial charge in [-0.05, 0) is 99.0 Å². The predicted octanol–water partition coefficient (Wildman–Crippen LogP) is 5.50. The van der Waals surface area contributed by atoms with Crippen molar-refractivity contribution in [2.75, 3.05) is 12.4 Å². The summed E-state index contributed by atoms with van der Waals surface area (Å²) in [5.41, 5.74) is 2.42. The molecule has 1 aromatic heterocycles. The maximum Gasteiger partial charge on any atom is 0.407 e. The molecule has 1 aromatic carbocycles. The first-order valence-corrected chi connectivity index (χ1v) is 15.0. The van der Waals surface area contributed by atoms with E-state index >= 15 is 0 Å². The van der Waals surface area contributed by atoms with Crippen molar-refractivity contribution in [1.29, 1.82) is 0 Å². The molecule has 3 fully saturated rings. The summed E-state index contributed by atoms with van der Waals surface area (Å²) in [5.74, 6) is 1.09. The van der Waals surface area contributed by atoms with E-state index in [-0.39, 0.29) is 46.7 Å². The third-order valence-electron chi connectivity index (χ3n) is 8.72. The molecule has 1 amide bonds. The standard InChI is InChI=1S/C29H35FN2O4S/c1-3-36-29(33)32-25-10-11-26-21(15-25)13-22-17-37(34,35)18(2)28(22)27(26)12-9-24-8-7-20(16-31-24)19-5-4-6-23(30)14-19/h4-9,12,14,16,18,21-22,25-28H,3,10-11,13,15,17H2,1-2H3,(H,32,33)/b12-9+/t18-,21-,22+,25-,26-,27+,28-/m1/s1. The average Bonchev–Trinajstić information content (AvgIpc) is 3.09. The molecule has 0 spiro atoms. The van der Waals surface area contributed by atoms with Crippen LogP contribution in [-0.4, -0.2) is 43.1 Å². The van der Waals surface area contributed by atoms with Crippen molar-refractivity contribution in [2.24, 2.45) is 29.6 Å². The number of allylic oxidation sites excluding steroid dienone is 1. The zero-order chi connectivity index (χ0) is 26.2. The van der Waals surface area contributed by atoms with Gasteiger partial charge in [-0.2, -0.15) is 0 Å². The fourth-order valence-corrected chi connectivity index (χ4v) is 9.21. The Morgan fingerprint density at radius 1 is 1.16 bits per heavy atom. The van der Waals surface area contributed by atoms with Gasteiger partial charge in [0, 0.05) is 17.8 Å². The molecule has 2 aliphatic carbocycles. The highest BCUT2D eigenvalue weighted by Crippen LogP contribution is 2.54. The molecule has 1 saturated heterocycles. The number of sulfone groups is 1. The first kappa shape index (κ1) is 25.9. The Morgan fingerprint density at radius 3 is 2.73 bits per heavy atom. The van der Waals surface area contributed by atoms with E-state index in [1.807, 2.05) is 31.2 Å². The van der Waals surface area contributed by atoms with Crippen LogP contribution in [0.1, 0.15) is 45.2 Å². The number of pyridine rings is 1. The highest BCUT2D eigenvalue weighted by atomic mass is 32.2. The minimum Gasteiger partial charge on any atom is -0.450 e. The van der Waals surface area contributed by atoms with Crippen LogP contribution in [0.3, 0.4) is 0 Å². The number of carbonyl (C=O) groups excluding carboxylic acids is 1. The normalized spacial score (nSPS) is 32.5. The van der Waals surface area contributed by atoms with Gasteiger partial charge in [0.1, 0.15) is 5.82 Å². The summed E-state index contributed by atoms with van der Waals surface area (Å²) in [6.07, 6.45) is 9.13. The number of rotatable bonds is 5. The van der Waals surface area contributed by atoms with Crippen molar-refractivity contribution in [3.8, 4) is 11.1 Å². The van der Waals surface area contributed by atoms with Crippen LogP contribution in [0.25, 0.3) is 17.2 Å². The molecule has 8 heteroatoms. The lowest BCUT2D eigenvalue weighted by atomic mass is 9.57. The molecule has 0 bridgehead atoms. The number of hydrogen-bond acceptors (Lipinski definition) is 5. The number of ether oxygens (including phenoxy) is 1. The Morgan fingerprint density at radius 2 is 2.00 bits per heavy atom. The van der Waals surface area contributed by atoms with Gasteiger partial charge in [-0.25, -0.2) is 17.6 Å². The number of aromatic nitrogens is 1. The van der Waals surface area contributed by atoms with E-state index in [0.29, 0.717) is 18.4 Å². The summed E-state index contributed by atoms with van der Waals surface area (Å²) in [4.78, 5) is 16.6. The van der Waals surface area contributed by atoms with Gasteiger partial charge in [0.05, 0.1) is 23.3 Å². The maximum absolute atomic E-state index is 13.6. The zero-order valence-corrected chi connectivity index (χ0v) is 22.2. The summed E-state index contributed by atoms with van der Waals surface area (Å²) >= 11 is 0. The quantitative estimate of drug-likeness (QED) is 0.556. The van der Waals surface area contributed by atoms with E-state index in [0.717, 1.165) is 42.5 Å². The van der Waals surface area contributed by atoms with Crippen molar-refractivity contribution >= 4 is 22.0 Å². The third kappa shape index (κ3) is 5.44. The van der Waals surface area contributed by atoms with Crippen molar-refractivity contribution in [3.63, 3.8) is 0 Å². The molecule has 0 radical (unpaired) electrons. The van der Waals surface area contributed by atoms with Crippen LogP contribution in [0.15, 0.2) is 48.7 Å². The molecule has 3 aliphatic rings. The van der Waals surface area contributed by atoms with Crippen molar-refractivity contribution in [1.82, 2.24) is 10.3 Å². The highest BCUT2D eigenvalue weighted by Gasteiger charge is 2.54.